The van der Waals surface area contributed by atoms with Gasteiger partial charge in [-0.05, 0) is 38.2 Å². The van der Waals surface area contributed by atoms with E-state index in [1.54, 1.807) is 31.1 Å². The smallest absolute Gasteiger partial charge is 0.254 e. The number of aliphatic hydroxyl groups is 1. The van der Waals surface area contributed by atoms with E-state index in [-0.39, 0.29) is 23.4 Å². The highest BCUT2D eigenvalue weighted by molar-refractivity contribution is 5.94. The molecule has 29 heavy (non-hydrogen) atoms. The maximum atomic E-state index is 12.8. The van der Waals surface area contributed by atoms with E-state index in [4.69, 9.17) is 0 Å². The van der Waals surface area contributed by atoms with E-state index < -0.39 is 5.60 Å². The first kappa shape index (κ1) is 21.5. The molecule has 0 saturated carbocycles. The number of nitrogens with one attached hydrogen (secondary N) is 1. The molecule has 0 aromatic carbocycles. The Morgan fingerprint density at radius 2 is 1.93 bits per heavy atom. The third kappa shape index (κ3) is 5.67. The second-order valence-electron chi connectivity index (χ2n) is 8.49. The molecule has 160 valence electrons. The number of likely N-dealkylation sites (tertiary alicyclic amines) is 2. The van der Waals surface area contributed by atoms with Crippen LogP contribution in [0, 0.1) is 0 Å². The van der Waals surface area contributed by atoms with Gasteiger partial charge < -0.3 is 24.8 Å². The standard InChI is InChI=1S/C21H32N4O4/c1-16(26)22-18-5-11-24(12-6-18)15-21(29)7-3-9-25(13-8-21)20(28)17-4-10-23(2)19(27)14-17/h4,10,14,18,29H,3,5-9,11-13,15H2,1-2H3,(H,22,26)/t21-/m0/s1. The molecular weight excluding hydrogens is 372 g/mol. The predicted octanol–water partition coefficient (Wildman–Crippen LogP) is 0.343. The summed E-state index contributed by atoms with van der Waals surface area (Å²) in [5.74, 6) is -0.144. The van der Waals surface area contributed by atoms with Gasteiger partial charge in [0.25, 0.3) is 11.5 Å². The third-order valence-electron chi connectivity index (χ3n) is 6.07. The van der Waals surface area contributed by atoms with Gasteiger partial charge in [-0.15, -0.1) is 0 Å². The highest BCUT2D eigenvalue weighted by Gasteiger charge is 2.34. The van der Waals surface area contributed by atoms with Crippen LogP contribution in [0.1, 0.15) is 49.4 Å². The Balaban J connectivity index is 1.54. The second kappa shape index (κ2) is 9.09. The summed E-state index contributed by atoms with van der Waals surface area (Å²) in [6.45, 7) is 4.90. The van der Waals surface area contributed by atoms with Crippen LogP contribution in [-0.4, -0.2) is 75.7 Å². The minimum Gasteiger partial charge on any atom is -0.388 e. The molecule has 2 saturated heterocycles. The first-order valence-electron chi connectivity index (χ1n) is 10.4. The first-order chi connectivity index (χ1) is 13.8. The number of nitrogens with zero attached hydrogens (tertiary/aromatic N) is 3. The molecule has 0 aliphatic carbocycles. The molecule has 0 spiro atoms. The number of aryl methyl sites for hydroxylation is 1. The molecule has 0 radical (unpaired) electrons. The van der Waals surface area contributed by atoms with Crippen molar-refractivity contribution in [3.8, 4) is 0 Å². The van der Waals surface area contributed by atoms with Gasteiger partial charge in [-0.2, -0.15) is 0 Å². The van der Waals surface area contributed by atoms with Crippen LogP contribution in [-0.2, 0) is 11.8 Å². The summed E-state index contributed by atoms with van der Waals surface area (Å²) < 4.78 is 1.44. The highest BCUT2D eigenvalue weighted by Crippen LogP contribution is 2.26. The zero-order chi connectivity index (χ0) is 21.0. The fraction of sp³-hybridized carbons (Fsp3) is 0.667. The molecule has 1 aromatic rings. The zero-order valence-corrected chi connectivity index (χ0v) is 17.4. The summed E-state index contributed by atoms with van der Waals surface area (Å²) in [4.78, 5) is 39.8. The molecule has 0 bridgehead atoms. The summed E-state index contributed by atoms with van der Waals surface area (Å²) in [5, 5.41) is 14.1. The van der Waals surface area contributed by atoms with Gasteiger partial charge in [0.05, 0.1) is 5.60 Å². The van der Waals surface area contributed by atoms with Crippen molar-refractivity contribution in [3.63, 3.8) is 0 Å². The maximum Gasteiger partial charge on any atom is 0.254 e. The average molecular weight is 405 g/mol. The number of amides is 2. The van der Waals surface area contributed by atoms with Gasteiger partial charge in [-0.25, -0.2) is 0 Å². The molecule has 2 N–H and O–H groups in total. The number of rotatable bonds is 4. The Bertz CT molecular complexity index is 800. The number of carbonyl (C=O) groups is 2. The van der Waals surface area contributed by atoms with Crippen LogP contribution in [0.3, 0.4) is 0 Å². The predicted molar refractivity (Wildman–Crippen MR) is 110 cm³/mol. The lowest BCUT2D eigenvalue weighted by molar-refractivity contribution is -0.120. The van der Waals surface area contributed by atoms with E-state index in [1.165, 1.54) is 10.6 Å². The maximum absolute atomic E-state index is 12.8. The topological polar surface area (TPSA) is 94.9 Å². The van der Waals surface area contributed by atoms with Gasteiger partial charge in [0, 0.05) is 70.6 Å². The largest absolute Gasteiger partial charge is 0.388 e. The molecule has 0 unspecified atom stereocenters. The Hall–Kier alpha value is -2.19. The summed E-state index contributed by atoms with van der Waals surface area (Å²) in [5.41, 5.74) is -0.619. The number of hydrogen-bond donors (Lipinski definition) is 2. The quantitative estimate of drug-likeness (QED) is 0.755. The number of aromatic nitrogens is 1. The molecule has 8 heteroatoms. The number of pyridine rings is 1. The number of hydrogen-bond acceptors (Lipinski definition) is 5. The van der Waals surface area contributed by atoms with Gasteiger partial charge in [-0.3, -0.25) is 14.4 Å². The SMILES string of the molecule is CC(=O)NC1CCN(C[C@]2(O)CCCN(C(=O)c3ccn(C)c(=O)c3)CC2)CC1. The number of piperidine rings is 1. The molecule has 2 amide bonds. The van der Waals surface area contributed by atoms with Crippen LogP contribution in [0.5, 0.6) is 0 Å². The Morgan fingerprint density at radius 3 is 2.59 bits per heavy atom. The van der Waals surface area contributed by atoms with Gasteiger partial charge in [0.2, 0.25) is 5.91 Å². The van der Waals surface area contributed by atoms with Gasteiger partial charge in [0.15, 0.2) is 0 Å². The molecule has 8 nitrogen and oxygen atoms in total. The third-order valence-corrected chi connectivity index (χ3v) is 6.07. The molecule has 3 heterocycles. The summed E-state index contributed by atoms with van der Waals surface area (Å²) in [7, 11) is 1.65. The highest BCUT2D eigenvalue weighted by atomic mass is 16.3. The Labute approximate surface area is 171 Å². The lowest BCUT2D eigenvalue weighted by Gasteiger charge is -2.38. The Kier molecular flexibility index (Phi) is 6.74. The van der Waals surface area contributed by atoms with Crippen molar-refractivity contribution in [2.24, 2.45) is 7.05 Å². The lowest BCUT2D eigenvalue weighted by Crippen LogP contribution is -2.50. The molecule has 1 aromatic heterocycles. The van der Waals surface area contributed by atoms with Crippen LogP contribution in [0.25, 0.3) is 0 Å². The molecule has 2 aliphatic rings. The van der Waals surface area contributed by atoms with Gasteiger partial charge >= 0.3 is 0 Å². The normalized spacial score (nSPS) is 24.2. The fourth-order valence-corrected chi connectivity index (χ4v) is 4.34. The van der Waals surface area contributed by atoms with E-state index in [0.29, 0.717) is 38.0 Å². The summed E-state index contributed by atoms with van der Waals surface area (Å²) >= 11 is 0. The minimum atomic E-state index is -0.817. The average Bonchev–Trinajstić information content (AvgIpc) is 2.86. The van der Waals surface area contributed by atoms with Crippen LogP contribution >= 0.6 is 0 Å². The fourth-order valence-electron chi connectivity index (χ4n) is 4.34. The van der Waals surface area contributed by atoms with Crippen LogP contribution in [0.15, 0.2) is 23.1 Å². The molecule has 3 rings (SSSR count). The number of β-amino-alcohol motifs (C(OH)–C–C–N with tert-alkyl or cyclic N) is 1. The van der Waals surface area contributed by atoms with E-state index in [0.717, 1.165) is 32.4 Å². The first-order valence-corrected chi connectivity index (χ1v) is 10.4. The van der Waals surface area contributed by atoms with Crippen molar-refractivity contribution in [1.82, 2.24) is 19.7 Å². The Morgan fingerprint density at radius 1 is 1.21 bits per heavy atom. The van der Waals surface area contributed by atoms with Crippen molar-refractivity contribution < 1.29 is 14.7 Å². The van der Waals surface area contributed by atoms with Crippen LogP contribution < -0.4 is 10.9 Å². The van der Waals surface area contributed by atoms with E-state index in [2.05, 4.69) is 10.2 Å². The van der Waals surface area contributed by atoms with Gasteiger partial charge in [-0.1, -0.05) is 0 Å². The molecular formula is C21H32N4O4. The van der Waals surface area contributed by atoms with E-state index >= 15 is 0 Å². The monoisotopic (exact) mass is 404 g/mol. The summed E-state index contributed by atoms with van der Waals surface area (Å²) in [6.07, 6.45) is 5.30. The van der Waals surface area contributed by atoms with Gasteiger partial charge in [0.1, 0.15) is 0 Å². The second-order valence-corrected chi connectivity index (χ2v) is 8.49. The van der Waals surface area contributed by atoms with Crippen molar-refractivity contribution >= 4 is 11.8 Å². The van der Waals surface area contributed by atoms with Crippen molar-refractivity contribution in [3.05, 3.63) is 34.2 Å². The molecule has 2 fully saturated rings. The molecule has 2 aliphatic heterocycles. The summed E-state index contributed by atoms with van der Waals surface area (Å²) in [6, 6.07) is 3.26. The van der Waals surface area contributed by atoms with Crippen LogP contribution in [0.2, 0.25) is 0 Å². The van der Waals surface area contributed by atoms with Crippen molar-refractivity contribution in [2.45, 2.75) is 50.7 Å². The van der Waals surface area contributed by atoms with E-state index in [9.17, 15) is 19.5 Å². The lowest BCUT2D eigenvalue weighted by atomic mass is 9.93. The number of carbonyl (C=O) groups excluding carboxylic acids is 2. The van der Waals surface area contributed by atoms with E-state index in [1.807, 2.05) is 0 Å². The zero-order valence-electron chi connectivity index (χ0n) is 17.4. The van der Waals surface area contributed by atoms with Crippen molar-refractivity contribution in [1.29, 1.82) is 0 Å². The van der Waals surface area contributed by atoms with Crippen LogP contribution in [0.4, 0.5) is 0 Å². The van der Waals surface area contributed by atoms with Crippen molar-refractivity contribution in [2.75, 3.05) is 32.7 Å². The minimum absolute atomic E-state index is 0.00637. The molecule has 1 atom stereocenters.